The van der Waals surface area contributed by atoms with Gasteiger partial charge in [0.25, 0.3) is 0 Å². The second kappa shape index (κ2) is 14.1. The number of hydrogen-bond donors (Lipinski definition) is 0. The summed E-state index contributed by atoms with van der Waals surface area (Å²) in [5, 5.41) is 10.6. The molecule has 0 spiro atoms. The molecule has 0 unspecified atom stereocenters. The first kappa shape index (κ1) is 34.7. The van der Waals surface area contributed by atoms with Crippen molar-refractivity contribution >= 4 is 54.2 Å². The van der Waals surface area contributed by atoms with Crippen molar-refractivity contribution in [2.45, 2.75) is 66.2 Å². The van der Waals surface area contributed by atoms with E-state index in [9.17, 15) is 0 Å². The van der Waals surface area contributed by atoms with Gasteiger partial charge in [-0.05, 0) is 173 Å². The Labute approximate surface area is 332 Å². The Bertz CT molecular complexity index is 2710. The van der Waals surface area contributed by atoms with Gasteiger partial charge in [-0.2, -0.15) is 0 Å². The van der Waals surface area contributed by atoms with Crippen LogP contribution in [0.1, 0.15) is 85.0 Å². The van der Waals surface area contributed by atoms with Gasteiger partial charge in [-0.1, -0.05) is 160 Å². The summed E-state index contributed by atoms with van der Waals surface area (Å²) < 4.78 is 0. The Balaban J connectivity index is 1.09. The molecule has 0 atom stereocenters. The van der Waals surface area contributed by atoms with Gasteiger partial charge in [-0.3, -0.25) is 0 Å². The molecule has 0 saturated carbocycles. The molecule has 2 aliphatic rings. The minimum atomic E-state index is 0.595. The standard InChI is InChI=1S/C56H50/c1-35(2)27-47-31-45-21-9-17-37(53(45)55(47)49-23-11-19-43-29-39-13-5-7-15-41(39)33-51(43)49)25-26-38-18-10-22-46-32-48(28-36(3)4)56(54(38)46)50-24-12-20-44-30-40-14-6-8-16-42(40)34-52(44)50/h5-24,29-30,33-36H,25-28,31-32H2,1-4H3. The molecule has 56 heavy (non-hydrogen) atoms. The molecule has 0 amide bonds. The summed E-state index contributed by atoms with van der Waals surface area (Å²) in [5.41, 5.74) is 17.9. The van der Waals surface area contributed by atoms with Gasteiger partial charge in [0.2, 0.25) is 0 Å². The van der Waals surface area contributed by atoms with Crippen molar-refractivity contribution in [2.24, 2.45) is 11.8 Å². The third-order valence-corrected chi connectivity index (χ3v) is 12.5. The van der Waals surface area contributed by atoms with Gasteiger partial charge in [0.05, 0.1) is 0 Å². The first-order chi connectivity index (χ1) is 27.4. The Kier molecular flexibility index (Phi) is 8.74. The highest BCUT2D eigenvalue weighted by Crippen LogP contribution is 2.47. The molecular formula is C56H50. The van der Waals surface area contributed by atoms with E-state index in [0.29, 0.717) is 11.8 Å². The number of allylic oxidation sites excluding steroid dienone is 2. The number of rotatable bonds is 9. The summed E-state index contributed by atoms with van der Waals surface area (Å²) in [6, 6.07) is 55.5. The van der Waals surface area contributed by atoms with E-state index in [1.807, 2.05) is 0 Å². The molecule has 0 bridgehead atoms. The van der Waals surface area contributed by atoms with Crippen molar-refractivity contribution in [1.82, 2.24) is 0 Å². The van der Waals surface area contributed by atoms with Gasteiger partial charge < -0.3 is 0 Å². The maximum absolute atomic E-state index is 2.44. The summed E-state index contributed by atoms with van der Waals surface area (Å²) in [6.45, 7) is 9.49. The van der Waals surface area contributed by atoms with Gasteiger partial charge in [0.15, 0.2) is 0 Å². The largest absolute Gasteiger partial charge is 0.0625 e. The highest BCUT2D eigenvalue weighted by Gasteiger charge is 2.29. The first-order valence-electron chi connectivity index (χ1n) is 20.9. The van der Waals surface area contributed by atoms with Gasteiger partial charge >= 0.3 is 0 Å². The lowest BCUT2D eigenvalue weighted by Gasteiger charge is -2.19. The van der Waals surface area contributed by atoms with Gasteiger partial charge in [-0.25, -0.2) is 0 Å². The molecule has 274 valence electrons. The Morgan fingerprint density at radius 3 is 1.18 bits per heavy atom. The van der Waals surface area contributed by atoms with Crippen LogP contribution in [0.4, 0.5) is 0 Å². The van der Waals surface area contributed by atoms with Crippen molar-refractivity contribution in [2.75, 3.05) is 0 Å². The van der Waals surface area contributed by atoms with E-state index < -0.39 is 0 Å². The zero-order valence-corrected chi connectivity index (χ0v) is 33.3. The fraction of sp³-hybridized carbons (Fsp3) is 0.214. The topological polar surface area (TPSA) is 0 Å². The van der Waals surface area contributed by atoms with Crippen LogP contribution in [-0.4, -0.2) is 0 Å². The van der Waals surface area contributed by atoms with Crippen LogP contribution in [0.15, 0.2) is 157 Å². The van der Waals surface area contributed by atoms with E-state index in [2.05, 4.69) is 173 Å². The predicted molar refractivity (Wildman–Crippen MR) is 242 cm³/mol. The molecule has 8 aromatic carbocycles. The van der Waals surface area contributed by atoms with Gasteiger partial charge in [0.1, 0.15) is 0 Å². The van der Waals surface area contributed by atoms with Crippen molar-refractivity contribution in [3.8, 4) is 0 Å². The maximum atomic E-state index is 2.44. The van der Waals surface area contributed by atoms with Gasteiger partial charge in [-0.15, -0.1) is 0 Å². The maximum Gasteiger partial charge on any atom is -0.00513 e. The zero-order valence-electron chi connectivity index (χ0n) is 33.3. The molecule has 2 aliphatic carbocycles. The zero-order chi connectivity index (χ0) is 37.9. The third kappa shape index (κ3) is 6.08. The lowest BCUT2D eigenvalue weighted by Crippen LogP contribution is -2.02. The molecule has 0 aromatic heterocycles. The monoisotopic (exact) mass is 722 g/mol. The van der Waals surface area contributed by atoms with Crippen molar-refractivity contribution in [3.63, 3.8) is 0 Å². The average Bonchev–Trinajstić information content (AvgIpc) is 3.75. The van der Waals surface area contributed by atoms with Crippen LogP contribution in [0.2, 0.25) is 0 Å². The summed E-state index contributed by atoms with van der Waals surface area (Å²) in [7, 11) is 0. The highest BCUT2D eigenvalue weighted by molar-refractivity contribution is 6.08. The number of hydrogen-bond acceptors (Lipinski definition) is 0. The smallest absolute Gasteiger partial charge is 0.00513 e. The van der Waals surface area contributed by atoms with E-state index >= 15 is 0 Å². The number of fused-ring (bicyclic) bond motifs is 6. The third-order valence-electron chi connectivity index (χ3n) is 12.5. The van der Waals surface area contributed by atoms with Crippen LogP contribution in [-0.2, 0) is 25.7 Å². The van der Waals surface area contributed by atoms with E-state index in [1.165, 1.54) is 98.7 Å². The molecule has 0 heteroatoms. The quantitative estimate of drug-likeness (QED) is 0.130. The molecule has 0 aliphatic heterocycles. The normalized spacial score (nSPS) is 14.0. The minimum Gasteiger partial charge on any atom is -0.0625 e. The summed E-state index contributed by atoms with van der Waals surface area (Å²) >= 11 is 0. The summed E-state index contributed by atoms with van der Waals surface area (Å²) in [5.74, 6) is 1.19. The molecule has 0 radical (unpaired) electrons. The molecule has 0 fully saturated rings. The van der Waals surface area contributed by atoms with E-state index in [1.54, 1.807) is 11.1 Å². The van der Waals surface area contributed by atoms with E-state index in [0.717, 1.165) is 38.5 Å². The molecule has 0 saturated heterocycles. The molecular weight excluding hydrogens is 673 g/mol. The SMILES string of the molecule is CC(C)CC1=C(c2cccc3cc4ccccc4cc23)c2c(CCc3cccc4c3C(c3cccc5cc6ccccc6cc35)=C(CC(C)C)C4)cccc2C1. The lowest BCUT2D eigenvalue weighted by molar-refractivity contribution is 0.637. The fourth-order valence-electron chi connectivity index (χ4n) is 10.3. The Morgan fingerprint density at radius 2 is 0.768 bits per heavy atom. The highest BCUT2D eigenvalue weighted by atomic mass is 14.3. The Morgan fingerprint density at radius 1 is 0.393 bits per heavy atom. The summed E-state index contributed by atoms with van der Waals surface area (Å²) in [4.78, 5) is 0. The van der Waals surface area contributed by atoms with Crippen LogP contribution in [0.5, 0.6) is 0 Å². The number of aryl methyl sites for hydroxylation is 2. The fourth-order valence-corrected chi connectivity index (χ4v) is 10.3. The van der Waals surface area contributed by atoms with Crippen molar-refractivity contribution in [1.29, 1.82) is 0 Å². The van der Waals surface area contributed by atoms with Crippen molar-refractivity contribution in [3.05, 3.63) is 201 Å². The van der Waals surface area contributed by atoms with Crippen LogP contribution in [0.25, 0.3) is 54.2 Å². The van der Waals surface area contributed by atoms with E-state index in [4.69, 9.17) is 0 Å². The first-order valence-corrected chi connectivity index (χ1v) is 20.9. The van der Waals surface area contributed by atoms with Crippen LogP contribution in [0.3, 0.4) is 0 Å². The van der Waals surface area contributed by atoms with E-state index in [-0.39, 0.29) is 0 Å². The molecule has 10 rings (SSSR count). The van der Waals surface area contributed by atoms with Crippen LogP contribution >= 0.6 is 0 Å². The second-order valence-corrected chi connectivity index (χ2v) is 17.4. The minimum absolute atomic E-state index is 0.595. The second-order valence-electron chi connectivity index (χ2n) is 17.4. The lowest BCUT2D eigenvalue weighted by atomic mass is 9.85. The Hall–Kier alpha value is -5.72. The molecule has 0 nitrogen and oxygen atoms in total. The predicted octanol–water partition coefficient (Wildman–Crippen LogP) is 14.9. The molecule has 0 N–H and O–H groups in total. The molecule has 0 heterocycles. The number of benzene rings is 8. The van der Waals surface area contributed by atoms with Crippen LogP contribution in [0, 0.1) is 11.8 Å². The van der Waals surface area contributed by atoms with Crippen molar-refractivity contribution < 1.29 is 0 Å². The average molecular weight is 723 g/mol. The summed E-state index contributed by atoms with van der Waals surface area (Å²) in [6.07, 6.45) is 6.35. The molecule has 8 aromatic rings. The van der Waals surface area contributed by atoms with Gasteiger partial charge in [0, 0.05) is 0 Å². The van der Waals surface area contributed by atoms with Crippen LogP contribution < -0.4 is 0 Å².